The van der Waals surface area contributed by atoms with E-state index in [9.17, 15) is 4.79 Å². The van der Waals surface area contributed by atoms with Crippen LogP contribution in [0.5, 0.6) is 0 Å². The number of carbonyl (C=O) groups excluding carboxylic acids is 1. The summed E-state index contributed by atoms with van der Waals surface area (Å²) < 4.78 is 1.88. The van der Waals surface area contributed by atoms with Crippen LogP contribution in [0, 0.1) is 6.92 Å². The van der Waals surface area contributed by atoms with Gasteiger partial charge in [-0.25, -0.2) is 9.67 Å². The molecule has 1 amide bonds. The molecule has 21 heavy (non-hydrogen) atoms. The Morgan fingerprint density at radius 1 is 1.43 bits per heavy atom. The van der Waals surface area contributed by atoms with Crippen molar-refractivity contribution >= 4 is 17.7 Å². The minimum Gasteiger partial charge on any atom is -0.369 e. The van der Waals surface area contributed by atoms with Gasteiger partial charge in [0.25, 0.3) is 0 Å². The Hall–Kier alpha value is -1.82. The van der Waals surface area contributed by atoms with Crippen LogP contribution in [0.2, 0.25) is 0 Å². The molecule has 2 aromatic rings. The highest BCUT2D eigenvalue weighted by Crippen LogP contribution is 2.10. The molecule has 0 saturated heterocycles. The molecule has 0 aliphatic rings. The summed E-state index contributed by atoms with van der Waals surface area (Å²) in [6.07, 6.45) is 2.98. The molecule has 0 aliphatic heterocycles. The molecule has 0 radical (unpaired) electrons. The number of hydrogen-bond donors (Lipinski definition) is 1. The van der Waals surface area contributed by atoms with Gasteiger partial charge < -0.3 is 5.73 Å². The molecule has 0 aliphatic carbocycles. The number of benzene rings is 1. The second-order valence-electron chi connectivity index (χ2n) is 4.98. The Morgan fingerprint density at radius 3 is 2.90 bits per heavy atom. The van der Waals surface area contributed by atoms with Crippen LogP contribution in [-0.4, -0.2) is 32.7 Å². The molecule has 0 saturated carbocycles. The normalized spacial score (nSPS) is 10.8. The lowest BCUT2D eigenvalue weighted by atomic mass is 10.1. The highest BCUT2D eigenvalue weighted by atomic mass is 32.2. The van der Waals surface area contributed by atoms with Crippen LogP contribution in [0.25, 0.3) is 0 Å². The van der Waals surface area contributed by atoms with Gasteiger partial charge in [0.1, 0.15) is 5.82 Å². The quantitative estimate of drug-likeness (QED) is 0.842. The Bertz CT molecular complexity index is 624. The number of primary amides is 1. The van der Waals surface area contributed by atoms with E-state index in [0.29, 0.717) is 12.4 Å². The average Bonchev–Trinajstić information content (AvgIpc) is 2.77. The van der Waals surface area contributed by atoms with Crippen LogP contribution < -0.4 is 5.73 Å². The first-order valence-electron chi connectivity index (χ1n) is 6.84. The lowest BCUT2D eigenvalue weighted by Gasteiger charge is -2.06. The van der Waals surface area contributed by atoms with Crippen molar-refractivity contribution in [1.82, 2.24) is 14.8 Å². The molecule has 1 heterocycles. The summed E-state index contributed by atoms with van der Waals surface area (Å²) in [5, 5.41) is 4.42. The van der Waals surface area contributed by atoms with Gasteiger partial charge in [-0.05, 0) is 18.7 Å². The van der Waals surface area contributed by atoms with Crippen molar-refractivity contribution in [2.75, 3.05) is 12.0 Å². The molecule has 0 spiro atoms. The van der Waals surface area contributed by atoms with E-state index in [2.05, 4.69) is 41.5 Å². The Kier molecular flexibility index (Phi) is 5.38. The van der Waals surface area contributed by atoms with Gasteiger partial charge in [0.15, 0.2) is 5.82 Å². The Balaban J connectivity index is 2.22. The first-order valence-corrected chi connectivity index (χ1v) is 8.23. The monoisotopic (exact) mass is 304 g/mol. The predicted octanol–water partition coefficient (Wildman–Crippen LogP) is 1.57. The van der Waals surface area contributed by atoms with E-state index in [0.717, 1.165) is 18.0 Å². The third-order valence-electron chi connectivity index (χ3n) is 3.07. The van der Waals surface area contributed by atoms with Crippen molar-refractivity contribution in [3.05, 3.63) is 47.0 Å². The van der Waals surface area contributed by atoms with Crippen molar-refractivity contribution in [1.29, 1.82) is 0 Å². The maximum atomic E-state index is 11.0. The van der Waals surface area contributed by atoms with Crippen molar-refractivity contribution in [2.45, 2.75) is 26.3 Å². The van der Waals surface area contributed by atoms with Crippen molar-refractivity contribution in [3.63, 3.8) is 0 Å². The molecule has 2 rings (SSSR count). The molecule has 0 fully saturated rings. The summed E-state index contributed by atoms with van der Waals surface area (Å²) in [5.41, 5.74) is 7.62. The largest absolute Gasteiger partial charge is 0.369 e. The van der Waals surface area contributed by atoms with Gasteiger partial charge in [0.05, 0.1) is 13.0 Å². The van der Waals surface area contributed by atoms with Gasteiger partial charge >= 0.3 is 0 Å². The number of aromatic nitrogens is 3. The number of nitrogens with two attached hydrogens (primary N) is 1. The highest BCUT2D eigenvalue weighted by Gasteiger charge is 2.12. The standard InChI is InChI=1S/C15H20N4OS/c1-11-4-3-5-12(8-11)10-19-15(6-7-21-2)17-14(18-19)9-13(16)20/h3-5,8H,6-7,9-10H2,1-2H3,(H2,16,20). The number of rotatable bonds is 7. The Morgan fingerprint density at radius 2 is 2.24 bits per heavy atom. The Labute approximate surface area is 128 Å². The second-order valence-corrected chi connectivity index (χ2v) is 5.96. The number of thioether (sulfide) groups is 1. The maximum Gasteiger partial charge on any atom is 0.225 e. The molecule has 0 bridgehead atoms. The fourth-order valence-corrected chi connectivity index (χ4v) is 2.53. The van der Waals surface area contributed by atoms with Gasteiger partial charge in [0, 0.05) is 12.2 Å². The minimum absolute atomic E-state index is 0.0904. The van der Waals surface area contributed by atoms with Gasteiger partial charge in [-0.1, -0.05) is 29.8 Å². The summed E-state index contributed by atoms with van der Waals surface area (Å²) >= 11 is 1.76. The van der Waals surface area contributed by atoms with Crippen LogP contribution >= 0.6 is 11.8 Å². The third kappa shape index (κ3) is 4.60. The predicted molar refractivity (Wildman–Crippen MR) is 85.3 cm³/mol. The van der Waals surface area contributed by atoms with E-state index >= 15 is 0 Å². The second kappa shape index (κ2) is 7.26. The van der Waals surface area contributed by atoms with E-state index in [1.165, 1.54) is 11.1 Å². The molecule has 2 N–H and O–H groups in total. The average molecular weight is 304 g/mol. The number of amides is 1. The smallest absolute Gasteiger partial charge is 0.225 e. The van der Waals surface area contributed by atoms with E-state index in [4.69, 9.17) is 5.73 Å². The maximum absolute atomic E-state index is 11.0. The number of aryl methyl sites for hydroxylation is 2. The van der Waals surface area contributed by atoms with Gasteiger partial charge in [-0.3, -0.25) is 4.79 Å². The number of hydrogen-bond acceptors (Lipinski definition) is 4. The van der Waals surface area contributed by atoms with Crippen LogP contribution in [0.15, 0.2) is 24.3 Å². The summed E-state index contributed by atoms with van der Waals surface area (Å²) in [5.74, 6) is 1.98. The zero-order valence-corrected chi connectivity index (χ0v) is 13.2. The first kappa shape index (κ1) is 15.6. The van der Waals surface area contributed by atoms with Crippen molar-refractivity contribution < 1.29 is 4.79 Å². The zero-order valence-electron chi connectivity index (χ0n) is 12.4. The van der Waals surface area contributed by atoms with Gasteiger partial charge in [-0.2, -0.15) is 16.9 Å². The molecular weight excluding hydrogens is 284 g/mol. The van der Waals surface area contributed by atoms with Crippen LogP contribution in [0.1, 0.15) is 22.8 Å². The fourth-order valence-electron chi connectivity index (χ4n) is 2.15. The minimum atomic E-state index is -0.404. The van der Waals surface area contributed by atoms with Crippen LogP contribution in [0.4, 0.5) is 0 Å². The van der Waals surface area contributed by atoms with Crippen LogP contribution in [-0.2, 0) is 24.2 Å². The van der Waals surface area contributed by atoms with Gasteiger partial charge in [0.2, 0.25) is 5.91 Å². The van der Waals surface area contributed by atoms with E-state index in [1.54, 1.807) is 11.8 Å². The molecule has 1 aromatic carbocycles. The topological polar surface area (TPSA) is 73.8 Å². The molecular formula is C15H20N4OS. The lowest BCUT2D eigenvalue weighted by Crippen LogP contribution is -2.15. The van der Waals surface area contributed by atoms with Crippen LogP contribution in [0.3, 0.4) is 0 Å². The van der Waals surface area contributed by atoms with Crippen molar-refractivity contribution in [2.24, 2.45) is 5.73 Å². The highest BCUT2D eigenvalue weighted by molar-refractivity contribution is 7.98. The van der Waals surface area contributed by atoms with E-state index in [-0.39, 0.29) is 6.42 Å². The molecule has 1 aromatic heterocycles. The summed E-state index contributed by atoms with van der Waals surface area (Å²) in [7, 11) is 0. The van der Waals surface area contributed by atoms with E-state index in [1.807, 2.05) is 10.7 Å². The van der Waals surface area contributed by atoms with Gasteiger partial charge in [-0.15, -0.1) is 0 Å². The zero-order chi connectivity index (χ0) is 15.2. The summed E-state index contributed by atoms with van der Waals surface area (Å²) in [6.45, 7) is 2.73. The molecule has 5 nitrogen and oxygen atoms in total. The fraction of sp³-hybridized carbons (Fsp3) is 0.400. The summed E-state index contributed by atoms with van der Waals surface area (Å²) in [6, 6.07) is 8.31. The third-order valence-corrected chi connectivity index (χ3v) is 3.68. The molecule has 112 valence electrons. The molecule has 0 unspecified atom stereocenters. The van der Waals surface area contributed by atoms with Crippen molar-refractivity contribution in [3.8, 4) is 0 Å². The number of carbonyl (C=O) groups is 1. The molecule has 6 heteroatoms. The number of nitrogens with zero attached hydrogens (tertiary/aromatic N) is 3. The van der Waals surface area contributed by atoms with E-state index < -0.39 is 5.91 Å². The summed E-state index contributed by atoms with van der Waals surface area (Å²) in [4.78, 5) is 15.5. The SMILES string of the molecule is CSCCc1nc(CC(N)=O)nn1Cc1cccc(C)c1. The molecule has 0 atom stereocenters. The lowest BCUT2D eigenvalue weighted by molar-refractivity contribution is -0.117. The first-order chi connectivity index (χ1) is 10.1.